The lowest BCUT2D eigenvalue weighted by atomic mass is 10.0. The lowest BCUT2D eigenvalue weighted by Crippen LogP contribution is -2.61. The van der Waals surface area contributed by atoms with E-state index < -0.39 is 30.1 Å². The van der Waals surface area contributed by atoms with E-state index in [0.717, 1.165) is 23.4 Å². The van der Waals surface area contributed by atoms with Gasteiger partial charge in [0.25, 0.3) is 5.91 Å². The van der Waals surface area contributed by atoms with Gasteiger partial charge in [0, 0.05) is 18.2 Å². The molecule has 188 valence electrons. The minimum absolute atomic E-state index is 0.151. The summed E-state index contributed by atoms with van der Waals surface area (Å²) in [5.41, 5.74) is 4.69. The van der Waals surface area contributed by atoms with Crippen molar-refractivity contribution >= 4 is 23.3 Å². The first-order chi connectivity index (χ1) is 17.1. The molecule has 3 atom stereocenters. The first kappa shape index (κ1) is 23.8. The Kier molecular flexibility index (Phi) is 5.92. The maximum absolute atomic E-state index is 13.1. The highest BCUT2D eigenvalue weighted by atomic mass is 19.4. The van der Waals surface area contributed by atoms with Gasteiger partial charge < -0.3 is 10.6 Å². The second-order valence-electron chi connectivity index (χ2n) is 8.85. The summed E-state index contributed by atoms with van der Waals surface area (Å²) in [4.78, 5) is 25.8. The lowest BCUT2D eigenvalue weighted by molar-refractivity contribution is -0.137. The van der Waals surface area contributed by atoms with E-state index in [1.54, 1.807) is 13.0 Å². The van der Waals surface area contributed by atoms with Crippen molar-refractivity contribution in [2.24, 2.45) is 5.92 Å². The van der Waals surface area contributed by atoms with Crippen molar-refractivity contribution in [1.29, 1.82) is 0 Å². The Bertz CT molecular complexity index is 1320. The standard InChI is InChI=1S/C24H24F3N7O2/c1-13-5-3-8-17(9-13)33-20-18(12-28-33)22(36)31-23(30-20)34-19(10-14(2)32-34)29-21(35)15-6-4-7-16(11-15)24(25,26)27/h3-11,18,20,23,28,30H,12H2,1-2H3,(H,29,35)(H,31,36). The van der Waals surface area contributed by atoms with Crippen LogP contribution in [0.5, 0.6) is 0 Å². The molecule has 2 fully saturated rings. The first-order valence-corrected chi connectivity index (χ1v) is 11.3. The summed E-state index contributed by atoms with van der Waals surface area (Å²) in [5, 5.41) is 15.1. The zero-order valence-electron chi connectivity index (χ0n) is 19.4. The Morgan fingerprint density at radius 1 is 1.11 bits per heavy atom. The number of alkyl halides is 3. The van der Waals surface area contributed by atoms with Crippen LogP contribution >= 0.6 is 0 Å². The molecule has 2 saturated heterocycles. The van der Waals surface area contributed by atoms with E-state index in [-0.39, 0.29) is 23.2 Å². The predicted molar refractivity (Wildman–Crippen MR) is 126 cm³/mol. The number of fused-ring (bicyclic) bond motifs is 1. The third-order valence-corrected chi connectivity index (χ3v) is 6.16. The van der Waals surface area contributed by atoms with Gasteiger partial charge in [-0.3, -0.25) is 19.9 Å². The van der Waals surface area contributed by atoms with Crippen LogP contribution in [0.2, 0.25) is 0 Å². The summed E-state index contributed by atoms with van der Waals surface area (Å²) in [6.45, 7) is 4.12. The maximum Gasteiger partial charge on any atom is 0.416 e. The summed E-state index contributed by atoms with van der Waals surface area (Å²) in [7, 11) is 0. The van der Waals surface area contributed by atoms with E-state index in [9.17, 15) is 22.8 Å². The average Bonchev–Trinajstić information content (AvgIpc) is 3.42. The molecule has 0 bridgehead atoms. The Hall–Kier alpha value is -3.90. The molecular formula is C24H24F3N7O2. The number of amides is 2. The number of carbonyl (C=O) groups is 2. The number of aryl methyl sites for hydroxylation is 2. The molecule has 9 nitrogen and oxygen atoms in total. The van der Waals surface area contributed by atoms with Gasteiger partial charge in [0.2, 0.25) is 5.91 Å². The van der Waals surface area contributed by atoms with Crippen molar-refractivity contribution in [2.45, 2.75) is 32.5 Å². The first-order valence-electron chi connectivity index (χ1n) is 11.3. The molecular weight excluding hydrogens is 475 g/mol. The highest BCUT2D eigenvalue weighted by Gasteiger charge is 2.45. The van der Waals surface area contributed by atoms with Gasteiger partial charge in [-0.05, 0) is 49.7 Å². The summed E-state index contributed by atoms with van der Waals surface area (Å²) in [6, 6.07) is 13.6. The van der Waals surface area contributed by atoms with Gasteiger partial charge in [-0.1, -0.05) is 18.2 Å². The minimum Gasteiger partial charge on any atom is -0.321 e. The van der Waals surface area contributed by atoms with E-state index in [1.807, 2.05) is 36.2 Å². The molecule has 36 heavy (non-hydrogen) atoms. The monoisotopic (exact) mass is 499 g/mol. The zero-order chi connectivity index (χ0) is 25.6. The number of carbonyl (C=O) groups excluding carboxylic acids is 2. The Labute approximate surface area is 204 Å². The molecule has 3 heterocycles. The molecule has 12 heteroatoms. The molecule has 2 amide bonds. The van der Waals surface area contributed by atoms with E-state index in [0.29, 0.717) is 12.2 Å². The topological polar surface area (TPSA) is 103 Å². The summed E-state index contributed by atoms with van der Waals surface area (Å²) >= 11 is 0. The van der Waals surface area contributed by atoms with E-state index >= 15 is 0 Å². The number of hydrazine groups is 1. The summed E-state index contributed by atoms with van der Waals surface area (Å²) in [5.74, 6) is -1.08. The van der Waals surface area contributed by atoms with Gasteiger partial charge in [0.15, 0.2) is 6.29 Å². The van der Waals surface area contributed by atoms with E-state index in [2.05, 4.69) is 26.5 Å². The lowest BCUT2D eigenvalue weighted by Gasteiger charge is -2.37. The number of rotatable bonds is 4. The molecule has 2 aliphatic rings. The number of halogens is 3. The van der Waals surface area contributed by atoms with Crippen molar-refractivity contribution in [2.75, 3.05) is 16.9 Å². The number of hydrogen-bond donors (Lipinski definition) is 4. The normalized spacial score (nSPS) is 21.8. The quantitative estimate of drug-likeness (QED) is 0.440. The molecule has 2 aliphatic heterocycles. The fourth-order valence-corrected chi connectivity index (χ4v) is 4.45. The third kappa shape index (κ3) is 4.52. The van der Waals surface area contributed by atoms with Crippen LogP contribution < -0.4 is 26.4 Å². The van der Waals surface area contributed by atoms with Crippen LogP contribution in [0.25, 0.3) is 0 Å². The van der Waals surface area contributed by atoms with Crippen molar-refractivity contribution in [1.82, 2.24) is 25.8 Å². The number of aromatic nitrogens is 2. The van der Waals surface area contributed by atoms with Gasteiger partial charge in [0.1, 0.15) is 12.0 Å². The van der Waals surface area contributed by atoms with Crippen LogP contribution in [0.3, 0.4) is 0 Å². The number of nitrogens with zero attached hydrogens (tertiary/aromatic N) is 3. The van der Waals surface area contributed by atoms with Crippen molar-refractivity contribution in [3.8, 4) is 0 Å². The van der Waals surface area contributed by atoms with Gasteiger partial charge in [-0.15, -0.1) is 0 Å². The summed E-state index contributed by atoms with van der Waals surface area (Å²) in [6.07, 6.45) is -5.78. The van der Waals surface area contributed by atoms with Crippen LogP contribution in [0, 0.1) is 19.8 Å². The Morgan fingerprint density at radius 2 is 1.89 bits per heavy atom. The van der Waals surface area contributed by atoms with E-state index in [1.165, 1.54) is 16.8 Å². The maximum atomic E-state index is 13.1. The molecule has 0 spiro atoms. The number of benzene rings is 2. The zero-order valence-corrected chi connectivity index (χ0v) is 19.4. The predicted octanol–water partition coefficient (Wildman–Crippen LogP) is 2.91. The molecule has 3 unspecified atom stereocenters. The van der Waals surface area contributed by atoms with Crippen LogP contribution in [-0.2, 0) is 11.0 Å². The molecule has 2 aromatic carbocycles. The molecule has 0 saturated carbocycles. The smallest absolute Gasteiger partial charge is 0.321 e. The highest BCUT2D eigenvalue weighted by molar-refractivity contribution is 6.04. The minimum atomic E-state index is -4.57. The van der Waals surface area contributed by atoms with Gasteiger partial charge >= 0.3 is 6.18 Å². The van der Waals surface area contributed by atoms with Crippen LogP contribution in [0.15, 0.2) is 54.6 Å². The van der Waals surface area contributed by atoms with Gasteiger partial charge in [-0.25, -0.2) is 10.1 Å². The Balaban J connectivity index is 1.39. The largest absolute Gasteiger partial charge is 0.416 e. The van der Waals surface area contributed by atoms with Crippen LogP contribution in [-0.4, -0.2) is 34.3 Å². The number of anilines is 2. The molecule has 1 aromatic heterocycles. The molecule has 3 aromatic rings. The average molecular weight is 499 g/mol. The summed E-state index contributed by atoms with van der Waals surface area (Å²) < 4.78 is 40.7. The fourth-order valence-electron chi connectivity index (χ4n) is 4.45. The van der Waals surface area contributed by atoms with Crippen LogP contribution in [0.4, 0.5) is 24.7 Å². The van der Waals surface area contributed by atoms with Gasteiger partial charge in [-0.2, -0.15) is 18.3 Å². The second-order valence-corrected chi connectivity index (χ2v) is 8.85. The SMILES string of the molecule is Cc1cccc(N2NCC3C(=O)NC(n4nc(C)cc4NC(=O)c4cccc(C(F)(F)F)c4)NC32)c1. The highest BCUT2D eigenvalue weighted by Crippen LogP contribution is 2.30. The van der Waals surface area contributed by atoms with Crippen molar-refractivity contribution < 1.29 is 22.8 Å². The van der Waals surface area contributed by atoms with E-state index in [4.69, 9.17) is 0 Å². The molecule has 4 N–H and O–H groups in total. The van der Waals surface area contributed by atoms with Crippen molar-refractivity contribution in [3.63, 3.8) is 0 Å². The van der Waals surface area contributed by atoms with Gasteiger partial charge in [0.05, 0.1) is 22.9 Å². The number of nitrogens with one attached hydrogen (secondary N) is 4. The van der Waals surface area contributed by atoms with Crippen LogP contribution in [0.1, 0.15) is 33.5 Å². The molecule has 0 aliphatic carbocycles. The Morgan fingerprint density at radius 3 is 2.64 bits per heavy atom. The molecule has 0 radical (unpaired) electrons. The third-order valence-electron chi connectivity index (χ3n) is 6.16. The fraction of sp³-hybridized carbons (Fsp3) is 0.292. The van der Waals surface area contributed by atoms with Crippen molar-refractivity contribution in [3.05, 3.63) is 77.0 Å². The number of hydrogen-bond acceptors (Lipinski definition) is 6. The molecule has 5 rings (SSSR count). The second kappa shape index (κ2) is 8.95.